The van der Waals surface area contributed by atoms with Gasteiger partial charge in [-0.1, -0.05) is 53.6 Å². The summed E-state index contributed by atoms with van der Waals surface area (Å²) in [5, 5.41) is 32.8. The molecule has 5 atom stereocenters. The molecular weight excluding hydrogens is 496 g/mol. The molecule has 0 aromatic heterocycles. The first-order valence-electron chi connectivity index (χ1n) is 13.7. The number of allylic oxidation sites excluding steroid dienone is 5. The van der Waals surface area contributed by atoms with Gasteiger partial charge < -0.3 is 10.2 Å². The minimum atomic E-state index is -1.76. The van der Waals surface area contributed by atoms with Gasteiger partial charge in [-0.05, 0) is 85.0 Å². The first-order chi connectivity index (χ1) is 18.3. The summed E-state index contributed by atoms with van der Waals surface area (Å²) in [7, 11) is 0. The molecule has 7 heteroatoms. The van der Waals surface area contributed by atoms with Gasteiger partial charge >= 0.3 is 0 Å². The van der Waals surface area contributed by atoms with Crippen LogP contribution in [0.15, 0.2) is 59.2 Å². The minimum Gasteiger partial charge on any atom is -0.506 e. The van der Waals surface area contributed by atoms with Gasteiger partial charge in [0.1, 0.15) is 16.7 Å². The van der Waals surface area contributed by atoms with E-state index in [2.05, 4.69) is 0 Å². The van der Waals surface area contributed by atoms with E-state index in [1.165, 1.54) is 0 Å². The molecule has 0 radical (unpaired) electrons. The average Bonchev–Trinajstić information content (AvgIpc) is 3.31. The molecule has 3 saturated carbocycles. The lowest BCUT2D eigenvalue weighted by atomic mass is 9.47. The third kappa shape index (κ3) is 4.85. The maximum absolute atomic E-state index is 14.8. The minimum absolute atomic E-state index is 0.0287. The molecule has 4 rings (SSSR count). The molecule has 0 heterocycles. The molecule has 3 fully saturated rings. The zero-order valence-electron chi connectivity index (χ0n) is 23.5. The Morgan fingerprint density at radius 2 is 1.56 bits per heavy atom. The number of hydrogen-bond acceptors (Lipinski definition) is 7. The number of hydrogen-bond donors (Lipinski definition) is 3. The van der Waals surface area contributed by atoms with Crippen molar-refractivity contribution in [3.63, 3.8) is 0 Å². The largest absolute Gasteiger partial charge is 0.506 e. The normalized spacial score (nSPS) is 33.1. The fourth-order valence-electron chi connectivity index (χ4n) is 7.18. The summed E-state index contributed by atoms with van der Waals surface area (Å²) < 4.78 is 0. The van der Waals surface area contributed by atoms with E-state index in [-0.39, 0.29) is 37.2 Å². The van der Waals surface area contributed by atoms with Crippen molar-refractivity contribution < 1.29 is 34.7 Å². The quantitative estimate of drug-likeness (QED) is 0.0800. The Bertz CT molecular complexity index is 1220. The van der Waals surface area contributed by atoms with Crippen molar-refractivity contribution >= 4 is 23.1 Å². The molecule has 3 aliphatic carbocycles. The smallest absolute Gasteiger partial charge is 0.184 e. The SMILES string of the molecule is CC(C)=CCC1(CC=C(C)C)C(=O)/C(=C(/O)c2ccccc2)C(=O)[C@@]2(C[C@@H]3[C@@H](OO)CC[C@@H]3[C@](C)(O)C2)C1=O. The molecule has 1 spiro atoms. The third-order valence-corrected chi connectivity index (χ3v) is 9.13. The van der Waals surface area contributed by atoms with Crippen LogP contribution in [-0.4, -0.2) is 44.5 Å². The summed E-state index contributed by atoms with van der Waals surface area (Å²) in [6.45, 7) is 9.13. The Balaban J connectivity index is 2.02. The number of fused-ring (bicyclic) bond motifs is 1. The summed E-state index contributed by atoms with van der Waals surface area (Å²) in [6.07, 6.45) is 4.07. The predicted octanol–water partition coefficient (Wildman–Crippen LogP) is 5.79. The number of rotatable bonds is 6. The topological polar surface area (TPSA) is 121 Å². The molecule has 0 unspecified atom stereocenters. The monoisotopic (exact) mass is 536 g/mol. The van der Waals surface area contributed by atoms with Crippen LogP contribution in [0.2, 0.25) is 0 Å². The molecule has 3 aliphatic rings. The standard InChI is InChI=1S/C32H40O7/c1-19(2)13-15-31(16-14-20(3)4)27(34)25(26(33)21-9-7-6-8-10-21)28(35)32(29(31)36)17-22-23(30(5,37)18-32)11-12-24(22)39-38/h6-10,13-14,22-24,33,37-38H,11-12,15-18H2,1-5H3/b26-25-/t22-,23-,24-,30+,32-/m0/s1. The summed E-state index contributed by atoms with van der Waals surface area (Å²) in [5.41, 5.74) is -3.09. The van der Waals surface area contributed by atoms with Crippen LogP contribution in [0, 0.1) is 22.7 Å². The lowest BCUT2D eigenvalue weighted by Gasteiger charge is -2.53. The number of aliphatic hydroxyl groups is 2. The second-order valence-corrected chi connectivity index (χ2v) is 12.4. The van der Waals surface area contributed by atoms with Crippen molar-refractivity contribution in [2.45, 2.75) is 84.8 Å². The fourth-order valence-corrected chi connectivity index (χ4v) is 7.18. The number of Topliss-reactive ketones (excluding diaryl/α,β-unsaturated/α-hetero) is 3. The van der Waals surface area contributed by atoms with E-state index in [4.69, 9.17) is 4.89 Å². The molecule has 0 bridgehead atoms. The van der Waals surface area contributed by atoms with Crippen molar-refractivity contribution in [1.82, 2.24) is 0 Å². The van der Waals surface area contributed by atoms with Crippen LogP contribution in [-0.2, 0) is 19.3 Å². The second kappa shape index (κ2) is 10.6. The highest BCUT2D eigenvalue weighted by Gasteiger charge is 2.69. The Labute approximate surface area is 230 Å². The van der Waals surface area contributed by atoms with Crippen LogP contribution in [0.3, 0.4) is 0 Å². The zero-order valence-corrected chi connectivity index (χ0v) is 23.5. The van der Waals surface area contributed by atoms with Crippen molar-refractivity contribution in [2.75, 3.05) is 0 Å². The molecule has 39 heavy (non-hydrogen) atoms. The van der Waals surface area contributed by atoms with E-state index in [1.54, 1.807) is 37.3 Å². The van der Waals surface area contributed by atoms with Crippen LogP contribution in [0.1, 0.15) is 78.7 Å². The maximum Gasteiger partial charge on any atom is 0.184 e. The summed E-state index contributed by atoms with van der Waals surface area (Å²) in [5.74, 6) is -3.18. The summed E-state index contributed by atoms with van der Waals surface area (Å²) >= 11 is 0. The van der Waals surface area contributed by atoms with E-state index in [0.29, 0.717) is 18.4 Å². The van der Waals surface area contributed by atoms with Crippen molar-refractivity contribution in [3.05, 3.63) is 64.8 Å². The van der Waals surface area contributed by atoms with Crippen LogP contribution < -0.4 is 0 Å². The summed E-state index contributed by atoms with van der Waals surface area (Å²) in [4.78, 5) is 48.5. The molecule has 210 valence electrons. The van der Waals surface area contributed by atoms with E-state index in [1.807, 2.05) is 39.8 Å². The molecule has 1 aromatic rings. The molecule has 0 saturated heterocycles. The van der Waals surface area contributed by atoms with Gasteiger partial charge in [0, 0.05) is 5.56 Å². The maximum atomic E-state index is 14.8. The Hall–Kier alpha value is -2.87. The third-order valence-electron chi connectivity index (χ3n) is 9.13. The van der Waals surface area contributed by atoms with E-state index < -0.39 is 51.6 Å². The first kappa shape index (κ1) is 29.1. The van der Waals surface area contributed by atoms with E-state index >= 15 is 0 Å². The van der Waals surface area contributed by atoms with Gasteiger partial charge in [0.25, 0.3) is 0 Å². The number of carbonyl (C=O) groups is 3. The Morgan fingerprint density at radius 3 is 2.10 bits per heavy atom. The highest BCUT2D eigenvalue weighted by Crippen LogP contribution is 2.60. The van der Waals surface area contributed by atoms with Gasteiger partial charge in [-0.15, -0.1) is 0 Å². The average molecular weight is 537 g/mol. The van der Waals surface area contributed by atoms with Gasteiger partial charge in [0.05, 0.1) is 17.1 Å². The van der Waals surface area contributed by atoms with Gasteiger partial charge in [-0.2, -0.15) is 0 Å². The molecule has 3 N–H and O–H groups in total. The number of aliphatic hydroxyl groups excluding tert-OH is 1. The molecular formula is C32H40O7. The van der Waals surface area contributed by atoms with E-state index in [9.17, 15) is 29.9 Å². The highest BCUT2D eigenvalue weighted by atomic mass is 17.1. The number of benzene rings is 1. The van der Waals surface area contributed by atoms with Crippen molar-refractivity contribution in [2.24, 2.45) is 22.7 Å². The van der Waals surface area contributed by atoms with Crippen molar-refractivity contribution in [3.8, 4) is 0 Å². The Morgan fingerprint density at radius 1 is 0.974 bits per heavy atom. The number of carbonyl (C=O) groups excluding carboxylic acids is 3. The second-order valence-electron chi connectivity index (χ2n) is 12.4. The molecule has 7 nitrogen and oxygen atoms in total. The van der Waals surface area contributed by atoms with E-state index in [0.717, 1.165) is 11.1 Å². The van der Waals surface area contributed by atoms with Crippen LogP contribution in [0.25, 0.3) is 5.76 Å². The molecule has 1 aromatic carbocycles. The summed E-state index contributed by atoms with van der Waals surface area (Å²) in [6, 6.07) is 8.38. The van der Waals surface area contributed by atoms with Gasteiger partial charge in [-0.3, -0.25) is 19.6 Å². The van der Waals surface area contributed by atoms with Crippen LogP contribution >= 0.6 is 0 Å². The van der Waals surface area contributed by atoms with Gasteiger partial charge in [0.2, 0.25) is 0 Å². The number of ketones is 3. The van der Waals surface area contributed by atoms with Crippen LogP contribution in [0.4, 0.5) is 0 Å². The molecule has 0 amide bonds. The predicted molar refractivity (Wildman–Crippen MR) is 148 cm³/mol. The van der Waals surface area contributed by atoms with Crippen molar-refractivity contribution in [1.29, 1.82) is 0 Å². The Kier molecular flexibility index (Phi) is 7.92. The van der Waals surface area contributed by atoms with Gasteiger partial charge in [0.15, 0.2) is 17.3 Å². The van der Waals surface area contributed by atoms with Crippen LogP contribution in [0.5, 0.6) is 0 Å². The lowest BCUT2D eigenvalue weighted by molar-refractivity contribution is -0.292. The fraction of sp³-hybridized carbons (Fsp3) is 0.531. The highest BCUT2D eigenvalue weighted by molar-refractivity contribution is 6.41. The molecule has 0 aliphatic heterocycles. The van der Waals surface area contributed by atoms with Gasteiger partial charge in [-0.25, -0.2) is 4.89 Å². The lowest BCUT2D eigenvalue weighted by Crippen LogP contribution is -2.64. The first-order valence-corrected chi connectivity index (χ1v) is 13.7. The zero-order chi connectivity index (χ0) is 28.8.